The maximum atomic E-state index is 6.32. The Morgan fingerprint density at radius 2 is 1.58 bits per heavy atom. The Labute approximate surface area is 117 Å². The third-order valence-corrected chi connectivity index (χ3v) is 3.24. The second kappa shape index (κ2) is 5.95. The molecule has 0 aromatic heterocycles. The van der Waals surface area contributed by atoms with Crippen molar-refractivity contribution in [2.24, 2.45) is 5.73 Å². The summed E-state index contributed by atoms with van der Waals surface area (Å²) < 4.78 is 10.7. The number of halogens is 1. The zero-order chi connectivity index (χ0) is 13.8. The summed E-state index contributed by atoms with van der Waals surface area (Å²) in [5, 5.41) is 0.626. The lowest BCUT2D eigenvalue weighted by atomic mass is 9.98. The van der Waals surface area contributed by atoms with Gasteiger partial charge in [-0.3, -0.25) is 0 Å². The first-order valence-corrected chi connectivity index (χ1v) is 6.27. The van der Waals surface area contributed by atoms with Gasteiger partial charge in [0.2, 0.25) is 0 Å². The minimum Gasteiger partial charge on any atom is -0.496 e. The number of methoxy groups -OCH3 is 2. The van der Waals surface area contributed by atoms with Crippen molar-refractivity contribution in [1.82, 2.24) is 0 Å². The molecule has 3 nitrogen and oxygen atoms in total. The Bertz CT molecular complexity index is 572. The van der Waals surface area contributed by atoms with Gasteiger partial charge in [0.15, 0.2) is 0 Å². The Morgan fingerprint density at radius 1 is 0.947 bits per heavy atom. The Kier molecular flexibility index (Phi) is 4.30. The first kappa shape index (κ1) is 13.7. The number of hydrogen-bond donors (Lipinski definition) is 1. The highest BCUT2D eigenvalue weighted by atomic mass is 35.5. The average molecular weight is 278 g/mol. The van der Waals surface area contributed by atoms with Crippen LogP contribution in [0.25, 0.3) is 0 Å². The maximum absolute atomic E-state index is 6.32. The first-order valence-electron chi connectivity index (χ1n) is 5.89. The summed E-state index contributed by atoms with van der Waals surface area (Å²) in [6.07, 6.45) is 0. The molecule has 0 saturated heterocycles. The third kappa shape index (κ3) is 2.83. The van der Waals surface area contributed by atoms with Gasteiger partial charge in [0.05, 0.1) is 20.3 Å². The minimum absolute atomic E-state index is 0.357. The number of para-hydroxylation sites is 1. The van der Waals surface area contributed by atoms with Crippen molar-refractivity contribution >= 4 is 11.6 Å². The highest BCUT2D eigenvalue weighted by Gasteiger charge is 2.17. The number of benzene rings is 2. The van der Waals surface area contributed by atoms with E-state index in [4.69, 9.17) is 26.8 Å². The summed E-state index contributed by atoms with van der Waals surface area (Å²) in [6.45, 7) is 0. The van der Waals surface area contributed by atoms with E-state index in [1.54, 1.807) is 20.3 Å². The molecule has 0 aliphatic heterocycles. The van der Waals surface area contributed by atoms with Gasteiger partial charge in [-0.15, -0.1) is 0 Å². The van der Waals surface area contributed by atoms with Crippen molar-refractivity contribution in [2.75, 3.05) is 14.2 Å². The van der Waals surface area contributed by atoms with Crippen LogP contribution in [0, 0.1) is 0 Å². The van der Waals surface area contributed by atoms with Gasteiger partial charge in [-0.25, -0.2) is 0 Å². The molecule has 0 bridgehead atoms. The third-order valence-electron chi connectivity index (χ3n) is 3.00. The van der Waals surface area contributed by atoms with Gasteiger partial charge in [0, 0.05) is 16.1 Å². The molecule has 0 saturated carbocycles. The predicted molar refractivity (Wildman–Crippen MR) is 77.0 cm³/mol. The van der Waals surface area contributed by atoms with Crippen LogP contribution < -0.4 is 15.2 Å². The molecular formula is C15H16ClNO2. The standard InChI is InChI=1S/C15H16ClNO2/c1-18-13-6-4-3-5-11(13)15(17)12-9-10(16)7-8-14(12)19-2/h3-9,15H,17H2,1-2H3. The molecule has 0 radical (unpaired) electrons. The molecule has 2 N–H and O–H groups in total. The van der Waals surface area contributed by atoms with Crippen LogP contribution in [0.3, 0.4) is 0 Å². The van der Waals surface area contributed by atoms with E-state index < -0.39 is 0 Å². The predicted octanol–water partition coefficient (Wildman–Crippen LogP) is 3.41. The molecule has 2 aromatic rings. The Balaban J connectivity index is 2.49. The van der Waals surface area contributed by atoms with Crippen LogP contribution >= 0.6 is 11.6 Å². The molecule has 0 aliphatic carbocycles. The highest BCUT2D eigenvalue weighted by molar-refractivity contribution is 6.30. The molecule has 0 spiro atoms. The van der Waals surface area contributed by atoms with Crippen molar-refractivity contribution in [3.05, 3.63) is 58.6 Å². The molecule has 19 heavy (non-hydrogen) atoms. The van der Waals surface area contributed by atoms with E-state index in [1.165, 1.54) is 0 Å². The topological polar surface area (TPSA) is 44.5 Å². The number of hydrogen-bond acceptors (Lipinski definition) is 3. The van der Waals surface area contributed by atoms with Gasteiger partial charge in [0.1, 0.15) is 11.5 Å². The Hall–Kier alpha value is -1.71. The Morgan fingerprint density at radius 3 is 2.26 bits per heavy atom. The smallest absolute Gasteiger partial charge is 0.124 e. The zero-order valence-corrected chi connectivity index (χ0v) is 11.6. The fourth-order valence-corrected chi connectivity index (χ4v) is 2.22. The fourth-order valence-electron chi connectivity index (χ4n) is 2.04. The lowest BCUT2D eigenvalue weighted by molar-refractivity contribution is 0.400. The van der Waals surface area contributed by atoms with Gasteiger partial charge in [-0.1, -0.05) is 29.8 Å². The number of rotatable bonds is 4. The van der Waals surface area contributed by atoms with Gasteiger partial charge in [-0.05, 0) is 24.3 Å². The van der Waals surface area contributed by atoms with E-state index in [1.807, 2.05) is 36.4 Å². The lowest BCUT2D eigenvalue weighted by Crippen LogP contribution is -2.14. The van der Waals surface area contributed by atoms with Crippen LogP contribution in [0.4, 0.5) is 0 Å². The lowest BCUT2D eigenvalue weighted by Gasteiger charge is -2.18. The van der Waals surface area contributed by atoms with E-state index in [-0.39, 0.29) is 6.04 Å². The monoisotopic (exact) mass is 277 g/mol. The van der Waals surface area contributed by atoms with Crippen molar-refractivity contribution in [1.29, 1.82) is 0 Å². The quantitative estimate of drug-likeness (QED) is 0.931. The number of nitrogens with two attached hydrogens (primary N) is 1. The van der Waals surface area contributed by atoms with Crippen LogP contribution in [0.15, 0.2) is 42.5 Å². The molecule has 100 valence electrons. The highest BCUT2D eigenvalue weighted by Crippen LogP contribution is 2.34. The molecule has 0 fully saturated rings. The van der Waals surface area contributed by atoms with Crippen molar-refractivity contribution in [3.8, 4) is 11.5 Å². The fraction of sp³-hybridized carbons (Fsp3) is 0.200. The molecule has 0 heterocycles. The van der Waals surface area contributed by atoms with E-state index in [9.17, 15) is 0 Å². The summed E-state index contributed by atoms with van der Waals surface area (Å²) in [5.74, 6) is 1.46. The molecule has 1 unspecified atom stereocenters. The van der Waals surface area contributed by atoms with Gasteiger partial charge in [0.25, 0.3) is 0 Å². The molecule has 0 aliphatic rings. The van der Waals surface area contributed by atoms with Crippen LogP contribution in [0.5, 0.6) is 11.5 Å². The second-order valence-electron chi connectivity index (χ2n) is 4.11. The molecule has 2 aromatic carbocycles. The maximum Gasteiger partial charge on any atom is 0.124 e. The number of ether oxygens (including phenoxy) is 2. The van der Waals surface area contributed by atoms with E-state index in [2.05, 4.69) is 0 Å². The van der Waals surface area contributed by atoms with E-state index >= 15 is 0 Å². The van der Waals surface area contributed by atoms with E-state index in [0.29, 0.717) is 10.8 Å². The zero-order valence-electron chi connectivity index (χ0n) is 10.9. The summed E-state index contributed by atoms with van der Waals surface area (Å²) in [6, 6.07) is 12.7. The van der Waals surface area contributed by atoms with Gasteiger partial charge in [-0.2, -0.15) is 0 Å². The summed E-state index contributed by atoms with van der Waals surface area (Å²) in [7, 11) is 3.24. The first-order chi connectivity index (χ1) is 9.17. The normalized spacial score (nSPS) is 12.0. The van der Waals surface area contributed by atoms with Crippen LogP contribution in [-0.2, 0) is 0 Å². The van der Waals surface area contributed by atoms with Crippen LogP contribution in [0.2, 0.25) is 5.02 Å². The molecule has 4 heteroatoms. The second-order valence-corrected chi connectivity index (χ2v) is 4.54. The van der Waals surface area contributed by atoms with Crippen LogP contribution in [-0.4, -0.2) is 14.2 Å². The summed E-state index contributed by atoms with van der Waals surface area (Å²) >= 11 is 6.04. The van der Waals surface area contributed by atoms with Gasteiger partial charge < -0.3 is 15.2 Å². The minimum atomic E-state index is -0.357. The largest absolute Gasteiger partial charge is 0.496 e. The van der Waals surface area contributed by atoms with Crippen molar-refractivity contribution in [3.63, 3.8) is 0 Å². The molecular weight excluding hydrogens is 262 g/mol. The van der Waals surface area contributed by atoms with Crippen LogP contribution in [0.1, 0.15) is 17.2 Å². The SMILES string of the molecule is COc1ccccc1C(N)c1cc(Cl)ccc1OC. The van der Waals surface area contributed by atoms with E-state index in [0.717, 1.165) is 16.9 Å². The average Bonchev–Trinajstić information content (AvgIpc) is 2.46. The molecule has 1 atom stereocenters. The molecule has 2 rings (SSSR count). The summed E-state index contributed by atoms with van der Waals surface area (Å²) in [4.78, 5) is 0. The molecule has 0 amide bonds. The van der Waals surface area contributed by atoms with Gasteiger partial charge >= 0.3 is 0 Å². The summed E-state index contributed by atoms with van der Waals surface area (Å²) in [5.41, 5.74) is 8.05. The van der Waals surface area contributed by atoms with Crippen molar-refractivity contribution < 1.29 is 9.47 Å². The van der Waals surface area contributed by atoms with Crippen molar-refractivity contribution in [2.45, 2.75) is 6.04 Å².